The van der Waals surface area contributed by atoms with E-state index in [0.717, 1.165) is 22.1 Å². The number of carbonyl (C=O) groups excluding carboxylic acids is 1. The fourth-order valence-electron chi connectivity index (χ4n) is 1.65. The van der Waals surface area contributed by atoms with Crippen LogP contribution in [0.2, 0.25) is 0 Å². The summed E-state index contributed by atoms with van der Waals surface area (Å²) in [6.07, 6.45) is 0.736. The minimum Gasteiger partial charge on any atom is -0.350 e. The summed E-state index contributed by atoms with van der Waals surface area (Å²) in [6.45, 7) is 7.36. The number of carbonyl (C=O) groups is 1. The molecular formula is C14H20N4OS2. The number of amides is 1. The Kier molecular flexibility index (Phi) is 5.08. The predicted octanol–water partition coefficient (Wildman–Crippen LogP) is 2.33. The molecular weight excluding hydrogens is 304 g/mol. The number of thiazole rings is 2. The highest BCUT2D eigenvalue weighted by Gasteiger charge is 2.17. The fraction of sp³-hybridized carbons (Fsp3) is 0.500. The van der Waals surface area contributed by atoms with E-state index in [1.165, 1.54) is 11.3 Å². The highest BCUT2D eigenvalue weighted by Crippen LogP contribution is 2.23. The van der Waals surface area contributed by atoms with Gasteiger partial charge in [-0.15, -0.1) is 22.7 Å². The van der Waals surface area contributed by atoms with Crippen molar-refractivity contribution in [1.82, 2.24) is 15.3 Å². The van der Waals surface area contributed by atoms with Crippen molar-refractivity contribution in [3.63, 3.8) is 0 Å². The number of aromatic nitrogens is 2. The van der Waals surface area contributed by atoms with E-state index in [2.05, 4.69) is 41.4 Å². The molecule has 0 aliphatic rings. The van der Waals surface area contributed by atoms with Gasteiger partial charge in [-0.25, -0.2) is 9.97 Å². The van der Waals surface area contributed by atoms with Crippen LogP contribution in [0.25, 0.3) is 0 Å². The van der Waals surface area contributed by atoms with Gasteiger partial charge in [-0.1, -0.05) is 20.8 Å². The van der Waals surface area contributed by atoms with Crippen LogP contribution in [0.15, 0.2) is 10.8 Å². The highest BCUT2D eigenvalue weighted by atomic mass is 32.1. The van der Waals surface area contributed by atoms with E-state index in [-0.39, 0.29) is 11.3 Å². The van der Waals surface area contributed by atoms with E-state index < -0.39 is 0 Å². The van der Waals surface area contributed by atoms with Crippen molar-refractivity contribution in [3.8, 4) is 0 Å². The summed E-state index contributed by atoms with van der Waals surface area (Å²) >= 11 is 3.05. The van der Waals surface area contributed by atoms with Gasteiger partial charge in [-0.2, -0.15) is 0 Å². The molecule has 0 saturated heterocycles. The molecule has 0 aromatic carbocycles. The van der Waals surface area contributed by atoms with Crippen molar-refractivity contribution in [3.05, 3.63) is 32.2 Å². The van der Waals surface area contributed by atoms with Crippen LogP contribution >= 0.6 is 22.7 Å². The van der Waals surface area contributed by atoms with Crippen LogP contribution in [0.3, 0.4) is 0 Å². The van der Waals surface area contributed by atoms with E-state index in [0.29, 0.717) is 18.8 Å². The average Bonchev–Trinajstić information content (AvgIpc) is 3.06. The third kappa shape index (κ3) is 4.33. The lowest BCUT2D eigenvalue weighted by Gasteiger charge is -2.14. The second kappa shape index (κ2) is 6.64. The number of hydrogen-bond acceptors (Lipinski definition) is 6. The Morgan fingerprint density at radius 1 is 1.24 bits per heavy atom. The maximum absolute atomic E-state index is 11.9. The Balaban J connectivity index is 1.84. The van der Waals surface area contributed by atoms with Crippen molar-refractivity contribution < 1.29 is 4.79 Å². The zero-order valence-corrected chi connectivity index (χ0v) is 14.1. The van der Waals surface area contributed by atoms with E-state index in [1.54, 1.807) is 16.7 Å². The van der Waals surface area contributed by atoms with Crippen molar-refractivity contribution in [1.29, 1.82) is 0 Å². The van der Waals surface area contributed by atoms with Gasteiger partial charge in [-0.3, -0.25) is 4.79 Å². The van der Waals surface area contributed by atoms with Crippen LogP contribution in [0.1, 0.15) is 47.0 Å². The van der Waals surface area contributed by atoms with E-state index in [1.807, 2.05) is 0 Å². The van der Waals surface area contributed by atoms with Gasteiger partial charge in [-0.05, 0) is 0 Å². The van der Waals surface area contributed by atoms with Crippen molar-refractivity contribution in [2.75, 3.05) is 6.54 Å². The zero-order valence-electron chi connectivity index (χ0n) is 12.5. The number of rotatable bonds is 5. The van der Waals surface area contributed by atoms with Crippen LogP contribution in [-0.2, 0) is 18.4 Å². The summed E-state index contributed by atoms with van der Waals surface area (Å²) in [5, 5.41) is 8.50. The molecule has 2 heterocycles. The topological polar surface area (TPSA) is 80.9 Å². The summed E-state index contributed by atoms with van der Waals surface area (Å²) < 4.78 is 0. The monoisotopic (exact) mass is 324 g/mol. The van der Waals surface area contributed by atoms with E-state index in [4.69, 9.17) is 5.73 Å². The second-order valence-electron chi connectivity index (χ2n) is 5.71. The Morgan fingerprint density at radius 3 is 2.52 bits per heavy atom. The molecule has 114 valence electrons. The molecule has 21 heavy (non-hydrogen) atoms. The normalized spacial score (nSPS) is 11.6. The van der Waals surface area contributed by atoms with E-state index >= 15 is 0 Å². The number of nitrogens with two attached hydrogens (primary N) is 1. The molecule has 7 heteroatoms. The maximum atomic E-state index is 11.9. The lowest BCUT2D eigenvalue weighted by atomic mass is 9.93. The molecule has 0 bridgehead atoms. The third-order valence-electron chi connectivity index (χ3n) is 2.90. The molecule has 0 aliphatic carbocycles. The van der Waals surface area contributed by atoms with Gasteiger partial charge in [0.2, 0.25) is 0 Å². The molecule has 2 rings (SSSR count). The smallest absolute Gasteiger partial charge is 0.270 e. The van der Waals surface area contributed by atoms with Crippen molar-refractivity contribution in [2.24, 2.45) is 5.73 Å². The molecule has 0 spiro atoms. The third-order valence-corrected chi connectivity index (χ3v) is 4.68. The molecule has 5 nitrogen and oxygen atoms in total. The number of hydrogen-bond donors (Lipinski definition) is 2. The largest absolute Gasteiger partial charge is 0.350 e. The molecule has 0 radical (unpaired) electrons. The molecule has 3 N–H and O–H groups in total. The second-order valence-corrected chi connectivity index (χ2v) is 7.60. The summed E-state index contributed by atoms with van der Waals surface area (Å²) in [6, 6.07) is 0. The van der Waals surface area contributed by atoms with Gasteiger partial charge in [0.05, 0.1) is 10.7 Å². The first-order chi connectivity index (χ1) is 9.90. The zero-order chi connectivity index (χ0) is 15.5. The highest BCUT2D eigenvalue weighted by molar-refractivity contribution is 7.10. The van der Waals surface area contributed by atoms with Gasteiger partial charge in [0.25, 0.3) is 5.91 Å². The SMILES string of the molecule is CC(C)(C)c1csc(CCNC(=O)c2csc(CN)n2)n1. The van der Waals surface area contributed by atoms with Crippen LogP contribution < -0.4 is 11.1 Å². The lowest BCUT2D eigenvalue weighted by Crippen LogP contribution is -2.26. The molecule has 0 atom stereocenters. The van der Waals surface area contributed by atoms with Gasteiger partial charge in [0.15, 0.2) is 0 Å². The standard InChI is InChI=1S/C14H20N4OS2/c1-14(2,3)10-8-21-11(18-10)4-5-16-13(19)9-7-20-12(6-15)17-9/h7-8H,4-6,15H2,1-3H3,(H,16,19). The van der Waals surface area contributed by atoms with Gasteiger partial charge in [0.1, 0.15) is 10.7 Å². The first-order valence-electron chi connectivity index (χ1n) is 6.77. The van der Waals surface area contributed by atoms with Crippen LogP contribution in [-0.4, -0.2) is 22.4 Å². The Labute approximate surface area is 132 Å². The lowest BCUT2D eigenvalue weighted by molar-refractivity contribution is 0.0949. The first-order valence-corrected chi connectivity index (χ1v) is 8.53. The van der Waals surface area contributed by atoms with E-state index in [9.17, 15) is 4.79 Å². The van der Waals surface area contributed by atoms with Gasteiger partial charge < -0.3 is 11.1 Å². The minimum absolute atomic E-state index is 0.0667. The summed E-state index contributed by atoms with van der Waals surface area (Å²) in [5.41, 5.74) is 7.09. The number of nitrogens with one attached hydrogen (secondary N) is 1. The van der Waals surface area contributed by atoms with Crippen LogP contribution in [0, 0.1) is 0 Å². The predicted molar refractivity (Wildman–Crippen MR) is 86.9 cm³/mol. The van der Waals surface area contributed by atoms with Gasteiger partial charge in [0, 0.05) is 35.7 Å². The molecule has 2 aromatic rings. The average molecular weight is 324 g/mol. The Morgan fingerprint density at radius 2 is 1.95 bits per heavy atom. The Bertz CT molecular complexity index is 613. The summed E-state index contributed by atoms with van der Waals surface area (Å²) in [5.74, 6) is -0.154. The molecule has 2 aromatic heterocycles. The number of nitrogens with zero attached hydrogens (tertiary/aromatic N) is 2. The van der Waals surface area contributed by atoms with Crippen LogP contribution in [0.5, 0.6) is 0 Å². The van der Waals surface area contributed by atoms with Crippen LogP contribution in [0.4, 0.5) is 0 Å². The molecule has 0 aliphatic heterocycles. The van der Waals surface area contributed by atoms with Crippen molar-refractivity contribution >= 4 is 28.6 Å². The molecule has 1 amide bonds. The molecule has 0 unspecified atom stereocenters. The first kappa shape index (κ1) is 16.1. The van der Waals surface area contributed by atoms with Crippen molar-refractivity contribution in [2.45, 2.75) is 39.2 Å². The molecule has 0 saturated carbocycles. The minimum atomic E-state index is -0.154. The summed E-state index contributed by atoms with van der Waals surface area (Å²) in [7, 11) is 0. The maximum Gasteiger partial charge on any atom is 0.270 e. The fourth-order valence-corrected chi connectivity index (χ4v) is 3.33. The quantitative estimate of drug-likeness (QED) is 0.884. The molecule has 0 fully saturated rings. The summed E-state index contributed by atoms with van der Waals surface area (Å²) in [4.78, 5) is 20.7. The Hall–Kier alpha value is -1.31. The van der Waals surface area contributed by atoms with Gasteiger partial charge >= 0.3 is 0 Å².